The summed E-state index contributed by atoms with van der Waals surface area (Å²) < 4.78 is 27.9. The maximum absolute atomic E-state index is 12.6. The normalized spacial score (nSPS) is 12.5. The van der Waals surface area contributed by atoms with Crippen LogP contribution in [0.5, 0.6) is 0 Å². The summed E-state index contributed by atoms with van der Waals surface area (Å²) in [6.45, 7) is 8.47. The molecule has 1 N–H and O–H groups in total. The van der Waals surface area contributed by atoms with Gasteiger partial charge in [-0.1, -0.05) is 39.0 Å². The molecule has 3 rings (SSSR count). The van der Waals surface area contributed by atoms with Crippen LogP contribution < -0.4 is 4.72 Å². The minimum Gasteiger partial charge on any atom is -0.240 e. The fraction of sp³-hybridized carbons (Fsp3) is 0.316. The van der Waals surface area contributed by atoms with Crippen LogP contribution >= 0.6 is 22.7 Å². The molecule has 4 nitrogen and oxygen atoms in total. The Hall–Kier alpha value is -1.54. The molecule has 1 aromatic carbocycles. The number of hydrogen-bond donors (Lipinski definition) is 1. The highest BCUT2D eigenvalue weighted by atomic mass is 32.2. The highest BCUT2D eigenvalue weighted by Gasteiger charge is 2.19. The van der Waals surface area contributed by atoms with E-state index >= 15 is 0 Å². The lowest BCUT2D eigenvalue weighted by molar-refractivity contribution is 0.578. The first-order valence-electron chi connectivity index (χ1n) is 8.27. The molecule has 0 amide bonds. The van der Waals surface area contributed by atoms with Crippen LogP contribution in [0.3, 0.4) is 0 Å². The third-order valence-corrected chi connectivity index (χ3v) is 7.69. The Kier molecular flexibility index (Phi) is 5.35. The van der Waals surface area contributed by atoms with Gasteiger partial charge in [0, 0.05) is 11.4 Å². The van der Waals surface area contributed by atoms with E-state index in [-0.39, 0.29) is 16.9 Å². The Morgan fingerprint density at radius 3 is 2.38 bits per heavy atom. The molecule has 0 bridgehead atoms. The van der Waals surface area contributed by atoms with E-state index in [1.54, 1.807) is 23.5 Å². The summed E-state index contributed by atoms with van der Waals surface area (Å²) >= 11 is 3.16. The zero-order valence-corrected chi connectivity index (χ0v) is 17.7. The summed E-state index contributed by atoms with van der Waals surface area (Å²) in [6, 6.07) is 11.1. The standard InChI is InChI=1S/C19H22N2O2S3/c1-13-17(25-18(21-13)16-6-5-11-24-16)12-20-26(22,23)15-9-7-14(8-10-15)19(2,3)4/h5-11,20H,12H2,1-4H3. The maximum atomic E-state index is 12.6. The van der Waals surface area contributed by atoms with Crippen molar-refractivity contribution >= 4 is 32.7 Å². The summed E-state index contributed by atoms with van der Waals surface area (Å²) in [7, 11) is -3.55. The number of benzene rings is 1. The monoisotopic (exact) mass is 406 g/mol. The van der Waals surface area contributed by atoms with E-state index < -0.39 is 10.0 Å². The molecule has 0 atom stereocenters. The first kappa shape index (κ1) is 19.2. The van der Waals surface area contributed by atoms with Gasteiger partial charge in [-0.15, -0.1) is 22.7 Å². The van der Waals surface area contributed by atoms with E-state index in [4.69, 9.17) is 0 Å². The zero-order chi connectivity index (χ0) is 18.9. The second-order valence-corrected chi connectivity index (χ2v) is 10.9. The van der Waals surface area contributed by atoms with Crippen LogP contribution in [0.1, 0.15) is 36.9 Å². The summed E-state index contributed by atoms with van der Waals surface area (Å²) in [4.78, 5) is 6.88. The Bertz CT molecular complexity index is 981. The van der Waals surface area contributed by atoms with Crippen molar-refractivity contribution in [3.63, 3.8) is 0 Å². The second kappa shape index (κ2) is 7.23. The first-order chi connectivity index (χ1) is 12.2. The molecule has 7 heteroatoms. The largest absolute Gasteiger partial charge is 0.240 e. The van der Waals surface area contributed by atoms with Crippen molar-refractivity contribution in [2.75, 3.05) is 0 Å². The van der Waals surface area contributed by atoms with Crippen LogP contribution in [0.15, 0.2) is 46.7 Å². The van der Waals surface area contributed by atoms with Crippen molar-refractivity contribution in [1.29, 1.82) is 0 Å². The van der Waals surface area contributed by atoms with E-state index in [9.17, 15) is 8.42 Å². The molecule has 0 radical (unpaired) electrons. The van der Waals surface area contributed by atoms with Gasteiger partial charge in [0.25, 0.3) is 0 Å². The van der Waals surface area contributed by atoms with Gasteiger partial charge in [-0.25, -0.2) is 18.1 Å². The van der Waals surface area contributed by atoms with Crippen molar-refractivity contribution in [3.8, 4) is 9.88 Å². The fourth-order valence-corrected chi connectivity index (χ4v) is 5.36. The number of sulfonamides is 1. The molecule has 2 heterocycles. The molecule has 2 aromatic heterocycles. The van der Waals surface area contributed by atoms with Crippen LogP contribution in [0, 0.1) is 6.92 Å². The van der Waals surface area contributed by atoms with Crippen molar-refractivity contribution in [2.45, 2.75) is 44.6 Å². The van der Waals surface area contributed by atoms with Crippen LogP contribution in [-0.2, 0) is 22.0 Å². The summed E-state index contributed by atoms with van der Waals surface area (Å²) in [6.07, 6.45) is 0. The molecule has 0 fully saturated rings. The number of nitrogens with one attached hydrogen (secondary N) is 1. The second-order valence-electron chi connectivity index (χ2n) is 7.10. The van der Waals surface area contributed by atoms with E-state index in [2.05, 4.69) is 30.5 Å². The van der Waals surface area contributed by atoms with E-state index in [1.165, 1.54) is 11.3 Å². The average Bonchev–Trinajstić information content (AvgIpc) is 3.22. The van der Waals surface area contributed by atoms with Gasteiger partial charge in [-0.3, -0.25) is 0 Å². The van der Waals surface area contributed by atoms with Crippen molar-refractivity contribution in [1.82, 2.24) is 9.71 Å². The van der Waals surface area contributed by atoms with Crippen LogP contribution in [-0.4, -0.2) is 13.4 Å². The van der Waals surface area contributed by atoms with Gasteiger partial charge in [0.1, 0.15) is 5.01 Å². The topological polar surface area (TPSA) is 59.1 Å². The molecular formula is C19H22N2O2S3. The van der Waals surface area contributed by atoms with E-state index in [0.29, 0.717) is 0 Å². The van der Waals surface area contributed by atoms with Crippen molar-refractivity contribution in [3.05, 3.63) is 57.9 Å². The molecule has 0 saturated heterocycles. The highest BCUT2D eigenvalue weighted by molar-refractivity contribution is 7.89. The Morgan fingerprint density at radius 1 is 1.12 bits per heavy atom. The quantitative estimate of drug-likeness (QED) is 0.652. The number of thiazole rings is 1. The predicted molar refractivity (Wildman–Crippen MR) is 109 cm³/mol. The molecule has 26 heavy (non-hydrogen) atoms. The van der Waals surface area contributed by atoms with Crippen LogP contribution in [0.4, 0.5) is 0 Å². The zero-order valence-electron chi connectivity index (χ0n) is 15.2. The number of nitrogens with zero attached hydrogens (tertiary/aromatic N) is 1. The fourth-order valence-electron chi connectivity index (χ4n) is 2.48. The van der Waals surface area contributed by atoms with E-state index in [1.807, 2.05) is 36.6 Å². The molecule has 0 aliphatic carbocycles. The molecule has 0 spiro atoms. The Balaban J connectivity index is 1.74. The lowest BCUT2D eigenvalue weighted by atomic mass is 9.87. The number of aromatic nitrogens is 1. The number of aryl methyl sites for hydroxylation is 1. The number of thiophene rings is 1. The first-order valence-corrected chi connectivity index (χ1v) is 11.4. The Labute approximate surface area is 163 Å². The molecule has 0 unspecified atom stereocenters. The van der Waals surface area contributed by atoms with Gasteiger partial charge >= 0.3 is 0 Å². The Morgan fingerprint density at radius 2 is 1.81 bits per heavy atom. The van der Waals surface area contributed by atoms with Crippen molar-refractivity contribution in [2.24, 2.45) is 0 Å². The van der Waals surface area contributed by atoms with Gasteiger partial charge in [0.05, 0.1) is 15.5 Å². The molecule has 3 aromatic rings. The number of rotatable bonds is 5. The van der Waals surface area contributed by atoms with Crippen molar-refractivity contribution < 1.29 is 8.42 Å². The van der Waals surface area contributed by atoms with Gasteiger partial charge in [0.2, 0.25) is 10.0 Å². The van der Waals surface area contributed by atoms with Gasteiger partial charge in [-0.05, 0) is 41.5 Å². The summed E-state index contributed by atoms with van der Waals surface area (Å²) in [5.41, 5.74) is 1.97. The average molecular weight is 407 g/mol. The molecule has 138 valence electrons. The van der Waals surface area contributed by atoms with Gasteiger partial charge in [-0.2, -0.15) is 0 Å². The summed E-state index contributed by atoms with van der Waals surface area (Å²) in [5.74, 6) is 0. The smallest absolute Gasteiger partial charge is 0.240 e. The minimum absolute atomic E-state index is 0.00629. The van der Waals surface area contributed by atoms with Gasteiger partial charge < -0.3 is 0 Å². The molecule has 0 aliphatic rings. The SMILES string of the molecule is Cc1nc(-c2cccs2)sc1CNS(=O)(=O)c1ccc(C(C)(C)C)cc1. The van der Waals surface area contributed by atoms with Crippen LogP contribution in [0.25, 0.3) is 9.88 Å². The maximum Gasteiger partial charge on any atom is 0.240 e. The van der Waals surface area contributed by atoms with Gasteiger partial charge in [0.15, 0.2) is 0 Å². The predicted octanol–water partition coefficient (Wildman–Crippen LogP) is 4.96. The lowest BCUT2D eigenvalue weighted by Crippen LogP contribution is -2.23. The lowest BCUT2D eigenvalue weighted by Gasteiger charge is -2.19. The highest BCUT2D eigenvalue weighted by Crippen LogP contribution is 2.31. The molecular weight excluding hydrogens is 384 g/mol. The molecule has 0 saturated carbocycles. The third-order valence-electron chi connectivity index (χ3n) is 4.08. The van der Waals surface area contributed by atoms with Crippen LogP contribution in [0.2, 0.25) is 0 Å². The van der Waals surface area contributed by atoms with E-state index in [0.717, 1.165) is 26.0 Å². The number of hydrogen-bond acceptors (Lipinski definition) is 5. The summed E-state index contributed by atoms with van der Waals surface area (Å²) in [5, 5.41) is 2.94. The molecule has 0 aliphatic heterocycles. The minimum atomic E-state index is -3.55. The third kappa shape index (κ3) is 4.23.